The Hall–Kier alpha value is -1.62. The van der Waals surface area contributed by atoms with Crippen LogP contribution in [0.3, 0.4) is 0 Å². The summed E-state index contributed by atoms with van der Waals surface area (Å²) in [6.07, 6.45) is 1.67. The summed E-state index contributed by atoms with van der Waals surface area (Å²) in [5.74, 6) is 0.308. The fourth-order valence-electron chi connectivity index (χ4n) is 1.54. The lowest BCUT2D eigenvalue weighted by Gasteiger charge is -2.15. The highest BCUT2D eigenvalue weighted by molar-refractivity contribution is 7.09. The van der Waals surface area contributed by atoms with Crippen LogP contribution in [-0.2, 0) is 0 Å². The normalized spacial score (nSPS) is 12.4. The summed E-state index contributed by atoms with van der Waals surface area (Å²) in [5, 5.41) is 17.7. The van der Waals surface area contributed by atoms with Crippen molar-refractivity contribution in [2.24, 2.45) is 0 Å². The first-order chi connectivity index (χ1) is 7.66. The van der Waals surface area contributed by atoms with E-state index in [1.54, 1.807) is 12.3 Å². The minimum atomic E-state index is 0.0298. The Labute approximate surface area is 98.1 Å². The van der Waals surface area contributed by atoms with Crippen molar-refractivity contribution in [3.8, 4) is 5.75 Å². The van der Waals surface area contributed by atoms with Crippen molar-refractivity contribution in [1.82, 2.24) is 9.59 Å². The van der Waals surface area contributed by atoms with Crippen LogP contribution in [0.15, 0.2) is 24.4 Å². The van der Waals surface area contributed by atoms with E-state index in [1.165, 1.54) is 11.5 Å². The van der Waals surface area contributed by atoms with Crippen LogP contribution in [-0.4, -0.2) is 14.7 Å². The van der Waals surface area contributed by atoms with Crippen molar-refractivity contribution in [3.05, 3.63) is 35.5 Å². The monoisotopic (exact) mass is 235 g/mol. The van der Waals surface area contributed by atoms with Gasteiger partial charge in [0.25, 0.3) is 0 Å². The van der Waals surface area contributed by atoms with E-state index in [0.717, 1.165) is 16.1 Å². The molecule has 0 radical (unpaired) electrons. The molecule has 1 heterocycles. The average Bonchev–Trinajstić information content (AvgIpc) is 2.74. The van der Waals surface area contributed by atoms with Crippen LogP contribution in [0.2, 0.25) is 0 Å². The molecule has 2 N–H and O–H groups in total. The summed E-state index contributed by atoms with van der Waals surface area (Å²) >= 11 is 1.30. The molecule has 5 heteroatoms. The Morgan fingerprint density at radius 3 is 2.94 bits per heavy atom. The number of nitrogens with one attached hydrogen (secondary N) is 1. The second-order valence-corrected chi connectivity index (χ2v) is 4.50. The first-order valence-electron chi connectivity index (χ1n) is 5.00. The zero-order valence-corrected chi connectivity index (χ0v) is 9.95. The summed E-state index contributed by atoms with van der Waals surface area (Å²) in [7, 11) is 0. The predicted molar refractivity (Wildman–Crippen MR) is 64.8 cm³/mol. The molecule has 0 amide bonds. The van der Waals surface area contributed by atoms with Crippen LogP contribution in [0.1, 0.15) is 24.1 Å². The molecule has 0 aliphatic rings. The third kappa shape index (κ3) is 2.30. The van der Waals surface area contributed by atoms with Gasteiger partial charge in [0.2, 0.25) is 0 Å². The SMILES string of the molecule is Cc1ccc(O)c(C(C)Nc2cnns2)c1. The molecule has 2 rings (SSSR count). The van der Waals surface area contributed by atoms with Gasteiger partial charge in [-0.1, -0.05) is 22.2 Å². The number of rotatable bonds is 3. The lowest BCUT2D eigenvalue weighted by molar-refractivity contribution is 0.465. The van der Waals surface area contributed by atoms with Gasteiger partial charge in [0.1, 0.15) is 10.8 Å². The maximum Gasteiger partial charge on any atom is 0.130 e. The van der Waals surface area contributed by atoms with Gasteiger partial charge in [-0.05, 0) is 19.9 Å². The van der Waals surface area contributed by atoms with Gasteiger partial charge in [0.05, 0.1) is 12.2 Å². The second-order valence-electron chi connectivity index (χ2n) is 3.71. The minimum absolute atomic E-state index is 0.0298. The lowest BCUT2D eigenvalue weighted by Crippen LogP contribution is -2.05. The molecule has 0 saturated carbocycles. The molecule has 4 nitrogen and oxygen atoms in total. The Kier molecular flexibility index (Phi) is 3.05. The Morgan fingerprint density at radius 1 is 1.44 bits per heavy atom. The highest BCUT2D eigenvalue weighted by Gasteiger charge is 2.11. The summed E-state index contributed by atoms with van der Waals surface area (Å²) in [4.78, 5) is 0. The number of aromatic nitrogens is 2. The molecule has 2 aromatic rings. The van der Waals surface area contributed by atoms with E-state index in [4.69, 9.17) is 0 Å². The maximum absolute atomic E-state index is 9.77. The Balaban J connectivity index is 2.20. The molecule has 1 aromatic heterocycles. The number of phenols is 1. The van der Waals surface area contributed by atoms with Crippen LogP contribution in [0.4, 0.5) is 5.00 Å². The molecular weight excluding hydrogens is 222 g/mol. The van der Waals surface area contributed by atoms with E-state index in [0.29, 0.717) is 5.75 Å². The van der Waals surface area contributed by atoms with Gasteiger partial charge in [-0.25, -0.2) is 0 Å². The summed E-state index contributed by atoms with van der Waals surface area (Å²) in [6.45, 7) is 4.00. The number of anilines is 1. The van der Waals surface area contributed by atoms with Crippen molar-refractivity contribution >= 4 is 16.5 Å². The fraction of sp³-hybridized carbons (Fsp3) is 0.273. The van der Waals surface area contributed by atoms with E-state index in [1.807, 2.05) is 26.0 Å². The van der Waals surface area contributed by atoms with Crippen LogP contribution >= 0.6 is 11.5 Å². The maximum atomic E-state index is 9.77. The number of aromatic hydroxyl groups is 1. The quantitative estimate of drug-likeness (QED) is 0.858. The van der Waals surface area contributed by atoms with Crippen molar-refractivity contribution in [2.75, 3.05) is 5.32 Å². The van der Waals surface area contributed by atoms with Crippen molar-refractivity contribution in [2.45, 2.75) is 19.9 Å². The van der Waals surface area contributed by atoms with Gasteiger partial charge in [0, 0.05) is 17.1 Å². The van der Waals surface area contributed by atoms with Crippen molar-refractivity contribution in [1.29, 1.82) is 0 Å². The molecule has 16 heavy (non-hydrogen) atoms. The molecule has 0 bridgehead atoms. The third-order valence-electron chi connectivity index (χ3n) is 2.37. The lowest BCUT2D eigenvalue weighted by atomic mass is 10.0. The molecule has 0 spiro atoms. The smallest absolute Gasteiger partial charge is 0.130 e. The van der Waals surface area contributed by atoms with Crippen LogP contribution < -0.4 is 5.32 Å². The Bertz CT molecular complexity index is 470. The van der Waals surface area contributed by atoms with Gasteiger partial charge in [-0.2, -0.15) is 0 Å². The predicted octanol–water partition coefficient (Wildman–Crippen LogP) is 2.73. The van der Waals surface area contributed by atoms with E-state index < -0.39 is 0 Å². The van der Waals surface area contributed by atoms with Gasteiger partial charge in [-0.15, -0.1) is 5.10 Å². The Morgan fingerprint density at radius 2 is 2.25 bits per heavy atom. The summed E-state index contributed by atoms with van der Waals surface area (Å²) in [6, 6.07) is 5.61. The van der Waals surface area contributed by atoms with Gasteiger partial charge in [-0.3, -0.25) is 0 Å². The van der Waals surface area contributed by atoms with Gasteiger partial charge < -0.3 is 10.4 Å². The number of hydrogen-bond acceptors (Lipinski definition) is 5. The molecule has 1 aromatic carbocycles. The van der Waals surface area contributed by atoms with Crippen LogP contribution in [0.25, 0.3) is 0 Å². The molecule has 0 saturated heterocycles. The van der Waals surface area contributed by atoms with E-state index in [2.05, 4.69) is 14.9 Å². The molecule has 0 aliphatic heterocycles. The minimum Gasteiger partial charge on any atom is -0.508 e. The number of aryl methyl sites for hydroxylation is 1. The standard InChI is InChI=1S/C11H13N3OS/c1-7-3-4-10(15)9(5-7)8(2)13-11-6-12-14-16-11/h3-6,8,13,15H,1-2H3. The highest BCUT2D eigenvalue weighted by Crippen LogP contribution is 2.28. The van der Waals surface area contributed by atoms with E-state index in [-0.39, 0.29) is 6.04 Å². The number of nitrogens with zero attached hydrogens (tertiary/aromatic N) is 2. The molecule has 1 unspecified atom stereocenters. The number of benzene rings is 1. The second kappa shape index (κ2) is 4.49. The zero-order chi connectivity index (χ0) is 11.5. The molecule has 0 fully saturated rings. The summed E-state index contributed by atoms with van der Waals surface area (Å²) < 4.78 is 3.78. The van der Waals surface area contributed by atoms with E-state index >= 15 is 0 Å². The van der Waals surface area contributed by atoms with Crippen LogP contribution in [0, 0.1) is 6.92 Å². The number of phenolic OH excluding ortho intramolecular Hbond substituents is 1. The first-order valence-corrected chi connectivity index (χ1v) is 5.77. The van der Waals surface area contributed by atoms with Crippen molar-refractivity contribution < 1.29 is 5.11 Å². The van der Waals surface area contributed by atoms with Crippen molar-refractivity contribution in [3.63, 3.8) is 0 Å². The summed E-state index contributed by atoms with van der Waals surface area (Å²) in [5.41, 5.74) is 2.01. The highest BCUT2D eigenvalue weighted by atomic mass is 32.1. The van der Waals surface area contributed by atoms with Gasteiger partial charge in [0.15, 0.2) is 0 Å². The molecular formula is C11H13N3OS. The fourth-order valence-corrected chi connectivity index (χ4v) is 2.05. The number of hydrogen-bond donors (Lipinski definition) is 2. The van der Waals surface area contributed by atoms with Crippen LogP contribution in [0.5, 0.6) is 5.75 Å². The molecule has 0 aliphatic carbocycles. The molecule has 1 atom stereocenters. The average molecular weight is 235 g/mol. The topological polar surface area (TPSA) is 58.0 Å². The van der Waals surface area contributed by atoms with Gasteiger partial charge >= 0.3 is 0 Å². The zero-order valence-electron chi connectivity index (χ0n) is 9.14. The largest absolute Gasteiger partial charge is 0.508 e. The van der Waals surface area contributed by atoms with E-state index in [9.17, 15) is 5.11 Å². The third-order valence-corrected chi connectivity index (χ3v) is 2.97. The first kappa shape index (κ1) is 10.9. The molecule has 84 valence electrons.